The molecule has 1 aliphatic rings. The maximum Gasteiger partial charge on any atom is 0.187 e. The van der Waals surface area contributed by atoms with Crippen molar-refractivity contribution < 1.29 is 9.53 Å². The average molecular weight is 448 g/mol. The highest BCUT2D eigenvalue weighted by molar-refractivity contribution is 9.11. The van der Waals surface area contributed by atoms with Crippen LogP contribution in [0.25, 0.3) is 15.8 Å². The molecule has 0 spiro atoms. The fraction of sp³-hybridized carbons (Fsp3) is 0.0435. The third kappa shape index (κ3) is 3.17. The maximum atomic E-state index is 12.9. The first-order chi connectivity index (χ1) is 13.7. The molecule has 0 radical (unpaired) electrons. The Kier molecular flexibility index (Phi) is 4.34. The topological polar surface area (TPSA) is 39.2 Å². The van der Waals surface area contributed by atoms with E-state index in [-0.39, 0.29) is 5.78 Å². The third-order valence-corrected chi connectivity index (χ3v) is 6.27. The van der Waals surface area contributed by atoms with Gasteiger partial charge in [0.15, 0.2) is 9.70 Å². The van der Waals surface area contributed by atoms with Gasteiger partial charge in [-0.2, -0.15) is 0 Å². The highest BCUT2D eigenvalue weighted by Crippen LogP contribution is 2.37. The standard InChI is InChI=1S/C23H14BrNO2S/c24-23-25-19-10-9-15-11-16(13-20(26)21(15)22(19)28-23)14-5-4-8-18(12-14)27-17-6-2-1-3-7-17/h1-10,12-13H,11H2. The molecular weight excluding hydrogens is 434 g/mol. The van der Waals surface area contributed by atoms with E-state index in [1.54, 1.807) is 6.08 Å². The third-order valence-electron chi connectivity index (χ3n) is 4.73. The molecule has 0 atom stereocenters. The quantitative estimate of drug-likeness (QED) is 0.351. The van der Waals surface area contributed by atoms with Gasteiger partial charge < -0.3 is 4.74 Å². The number of halogens is 1. The molecule has 3 nitrogen and oxygen atoms in total. The molecule has 0 saturated heterocycles. The lowest BCUT2D eigenvalue weighted by molar-refractivity contribution is 0.104. The summed E-state index contributed by atoms with van der Waals surface area (Å²) in [7, 11) is 0. The zero-order chi connectivity index (χ0) is 19.1. The lowest BCUT2D eigenvalue weighted by Gasteiger charge is -2.17. The SMILES string of the molecule is O=C1C=C(c2cccc(Oc3ccccc3)c2)Cc2ccc3nc(Br)sc3c21. The van der Waals surface area contributed by atoms with E-state index in [4.69, 9.17) is 4.74 Å². The molecule has 0 bridgehead atoms. The van der Waals surface area contributed by atoms with Crippen LogP contribution in [0.5, 0.6) is 11.5 Å². The zero-order valence-corrected chi connectivity index (χ0v) is 17.1. The molecule has 1 heterocycles. The van der Waals surface area contributed by atoms with E-state index in [0.717, 1.165) is 47.9 Å². The Balaban J connectivity index is 1.50. The Morgan fingerprint density at radius 3 is 2.64 bits per heavy atom. The molecule has 0 amide bonds. The van der Waals surface area contributed by atoms with Gasteiger partial charge in [0.1, 0.15) is 11.5 Å². The molecule has 136 valence electrons. The summed E-state index contributed by atoms with van der Waals surface area (Å²) in [6.45, 7) is 0. The van der Waals surface area contributed by atoms with Crippen molar-refractivity contribution in [1.82, 2.24) is 4.98 Å². The van der Waals surface area contributed by atoms with Crippen LogP contribution in [0.3, 0.4) is 0 Å². The van der Waals surface area contributed by atoms with Gasteiger partial charge >= 0.3 is 0 Å². The fourth-order valence-corrected chi connectivity index (χ4v) is 5.02. The summed E-state index contributed by atoms with van der Waals surface area (Å²) in [6, 6.07) is 21.6. The number of carbonyl (C=O) groups is 1. The molecule has 0 aliphatic heterocycles. The van der Waals surface area contributed by atoms with Crippen LogP contribution in [0, 0.1) is 0 Å². The molecule has 0 saturated carbocycles. The molecule has 1 aromatic heterocycles. The predicted molar refractivity (Wildman–Crippen MR) is 116 cm³/mol. The van der Waals surface area contributed by atoms with Crippen LogP contribution in [0.2, 0.25) is 0 Å². The lowest BCUT2D eigenvalue weighted by atomic mass is 9.87. The number of ketones is 1. The number of fused-ring (bicyclic) bond motifs is 3. The van der Waals surface area contributed by atoms with E-state index in [9.17, 15) is 4.79 Å². The Bertz CT molecular complexity index is 1240. The predicted octanol–water partition coefficient (Wildman–Crippen LogP) is 6.67. The van der Waals surface area contributed by atoms with Crippen molar-refractivity contribution in [2.45, 2.75) is 6.42 Å². The molecule has 4 aromatic rings. The number of rotatable bonds is 3. The zero-order valence-electron chi connectivity index (χ0n) is 14.7. The van der Waals surface area contributed by atoms with Gasteiger partial charge in [-0.1, -0.05) is 36.4 Å². The number of ether oxygens (including phenoxy) is 1. The first-order valence-electron chi connectivity index (χ1n) is 8.83. The molecule has 0 N–H and O–H groups in total. The molecule has 1 aliphatic carbocycles. The normalized spacial score (nSPS) is 13.3. The van der Waals surface area contributed by atoms with Crippen molar-refractivity contribution in [1.29, 1.82) is 0 Å². The summed E-state index contributed by atoms with van der Waals surface area (Å²) in [6.07, 6.45) is 2.46. The van der Waals surface area contributed by atoms with Crippen molar-refractivity contribution >= 4 is 48.8 Å². The van der Waals surface area contributed by atoms with Gasteiger partial charge in [0.05, 0.1) is 10.2 Å². The van der Waals surface area contributed by atoms with E-state index in [2.05, 4.69) is 20.9 Å². The van der Waals surface area contributed by atoms with Crippen LogP contribution in [0.1, 0.15) is 21.5 Å². The molecule has 5 heteroatoms. The van der Waals surface area contributed by atoms with E-state index in [1.165, 1.54) is 11.3 Å². The maximum absolute atomic E-state index is 12.9. The van der Waals surface area contributed by atoms with E-state index in [0.29, 0.717) is 6.42 Å². The lowest BCUT2D eigenvalue weighted by Crippen LogP contribution is -2.09. The number of aromatic nitrogens is 1. The number of allylic oxidation sites excluding steroid dienone is 2. The molecule has 28 heavy (non-hydrogen) atoms. The van der Waals surface area contributed by atoms with Crippen LogP contribution in [-0.2, 0) is 6.42 Å². The number of carbonyl (C=O) groups excluding carboxylic acids is 1. The summed E-state index contributed by atoms with van der Waals surface area (Å²) in [5.74, 6) is 1.58. The van der Waals surface area contributed by atoms with Crippen LogP contribution < -0.4 is 4.74 Å². The summed E-state index contributed by atoms with van der Waals surface area (Å²) in [5, 5.41) is 0. The van der Waals surface area contributed by atoms with Crippen LogP contribution in [0.4, 0.5) is 0 Å². The highest BCUT2D eigenvalue weighted by atomic mass is 79.9. The van der Waals surface area contributed by atoms with E-state index >= 15 is 0 Å². The van der Waals surface area contributed by atoms with Crippen LogP contribution in [0.15, 0.2) is 76.7 Å². The summed E-state index contributed by atoms with van der Waals surface area (Å²) < 4.78 is 7.69. The first kappa shape index (κ1) is 17.3. The van der Waals surface area contributed by atoms with Crippen LogP contribution in [-0.4, -0.2) is 10.8 Å². The monoisotopic (exact) mass is 447 g/mol. The number of thiazole rings is 1. The van der Waals surface area contributed by atoms with Gasteiger partial charge in [0.25, 0.3) is 0 Å². The fourth-order valence-electron chi connectivity index (χ4n) is 3.48. The Morgan fingerprint density at radius 2 is 1.79 bits per heavy atom. The smallest absolute Gasteiger partial charge is 0.187 e. The molecule has 5 rings (SSSR count). The Hall–Kier alpha value is -2.76. The van der Waals surface area contributed by atoms with Crippen molar-refractivity contribution in [3.05, 3.63) is 93.4 Å². The number of hydrogen-bond acceptors (Lipinski definition) is 4. The highest BCUT2D eigenvalue weighted by Gasteiger charge is 2.23. The average Bonchev–Trinajstić information content (AvgIpc) is 3.09. The van der Waals surface area contributed by atoms with E-state index in [1.807, 2.05) is 66.7 Å². The second kappa shape index (κ2) is 7.00. The van der Waals surface area contributed by atoms with Gasteiger partial charge in [-0.25, -0.2) is 4.98 Å². The number of nitrogens with zero attached hydrogens (tertiary/aromatic N) is 1. The van der Waals surface area contributed by atoms with Gasteiger partial charge in [-0.3, -0.25) is 4.79 Å². The van der Waals surface area contributed by atoms with Crippen molar-refractivity contribution in [3.8, 4) is 11.5 Å². The number of para-hydroxylation sites is 1. The van der Waals surface area contributed by atoms with Gasteiger partial charge in [0, 0.05) is 5.56 Å². The summed E-state index contributed by atoms with van der Waals surface area (Å²) in [5.41, 5.74) is 4.68. The molecule has 3 aromatic carbocycles. The van der Waals surface area contributed by atoms with Crippen LogP contribution >= 0.6 is 27.3 Å². The minimum atomic E-state index is 0.0346. The summed E-state index contributed by atoms with van der Waals surface area (Å²) >= 11 is 4.93. The van der Waals surface area contributed by atoms with Gasteiger partial charge in [-0.05, 0) is 75.5 Å². The Labute approximate surface area is 174 Å². The van der Waals surface area contributed by atoms with Crippen molar-refractivity contribution in [2.24, 2.45) is 0 Å². The second-order valence-corrected chi connectivity index (χ2v) is 8.84. The van der Waals surface area contributed by atoms with Crippen molar-refractivity contribution in [3.63, 3.8) is 0 Å². The number of benzene rings is 3. The van der Waals surface area contributed by atoms with Gasteiger partial charge in [0.2, 0.25) is 0 Å². The Morgan fingerprint density at radius 1 is 0.964 bits per heavy atom. The first-order valence-corrected chi connectivity index (χ1v) is 10.4. The minimum absolute atomic E-state index is 0.0346. The summed E-state index contributed by atoms with van der Waals surface area (Å²) in [4.78, 5) is 17.4. The molecule has 0 unspecified atom stereocenters. The molecule has 0 fully saturated rings. The second-order valence-electron chi connectivity index (χ2n) is 6.57. The minimum Gasteiger partial charge on any atom is -0.457 e. The van der Waals surface area contributed by atoms with Gasteiger partial charge in [-0.15, -0.1) is 11.3 Å². The van der Waals surface area contributed by atoms with Crippen molar-refractivity contribution in [2.75, 3.05) is 0 Å². The largest absolute Gasteiger partial charge is 0.457 e. The number of hydrogen-bond donors (Lipinski definition) is 0. The van der Waals surface area contributed by atoms with E-state index < -0.39 is 0 Å². The molecular formula is C23H14BrNO2S.